The van der Waals surface area contributed by atoms with Crippen molar-refractivity contribution in [2.45, 2.75) is 0 Å². The summed E-state index contributed by atoms with van der Waals surface area (Å²) < 4.78 is 47.8. The van der Waals surface area contributed by atoms with Gasteiger partial charge in [0.1, 0.15) is 0 Å². The predicted molar refractivity (Wildman–Crippen MR) is 31.9 cm³/mol. The van der Waals surface area contributed by atoms with Crippen LogP contribution < -0.4 is 0 Å². The Bertz CT molecular complexity index is 282. The summed E-state index contributed by atoms with van der Waals surface area (Å²) in [5.41, 5.74) is 0. The molecule has 10 heavy (non-hydrogen) atoms. The second-order valence-corrected chi connectivity index (χ2v) is 4.45. The van der Waals surface area contributed by atoms with Crippen molar-refractivity contribution < 1.29 is 24.6 Å². The highest BCUT2D eigenvalue weighted by atomic mass is 32.3. The normalized spacial score (nSPS) is 13.4. The number of rotatable bonds is 3. The summed E-state index contributed by atoms with van der Waals surface area (Å²) in [7, 11) is -7.58. The highest BCUT2D eigenvalue weighted by Gasteiger charge is 2.16. The van der Waals surface area contributed by atoms with E-state index in [4.69, 9.17) is 0 Å². The van der Waals surface area contributed by atoms with Crippen molar-refractivity contribution in [1.29, 1.82) is 0 Å². The summed E-state index contributed by atoms with van der Waals surface area (Å²) in [5.74, 6) is 0. The van der Waals surface area contributed by atoms with Crippen LogP contribution in [-0.4, -0.2) is 30.2 Å². The van der Waals surface area contributed by atoms with Crippen molar-refractivity contribution in [3.05, 3.63) is 0 Å². The third-order valence-corrected chi connectivity index (χ3v) is 2.47. The standard InChI is InChI=1S/C2H6O6S2/c1-7-10(5,6)8-9(2,3)4/h1-2H3. The van der Waals surface area contributed by atoms with Gasteiger partial charge in [0.15, 0.2) is 0 Å². The molecule has 0 radical (unpaired) electrons. The van der Waals surface area contributed by atoms with E-state index < -0.39 is 20.5 Å². The van der Waals surface area contributed by atoms with Gasteiger partial charge in [-0.05, 0) is 0 Å². The van der Waals surface area contributed by atoms with Crippen molar-refractivity contribution in [2.24, 2.45) is 0 Å². The van der Waals surface area contributed by atoms with Crippen molar-refractivity contribution in [1.82, 2.24) is 0 Å². The summed E-state index contributed by atoms with van der Waals surface area (Å²) in [6.45, 7) is 0. The zero-order chi connectivity index (χ0) is 8.41. The van der Waals surface area contributed by atoms with E-state index in [-0.39, 0.29) is 0 Å². The van der Waals surface area contributed by atoms with Crippen molar-refractivity contribution in [3.8, 4) is 0 Å². The van der Waals surface area contributed by atoms with Crippen molar-refractivity contribution in [3.63, 3.8) is 0 Å². The first-order chi connectivity index (χ1) is 4.27. The fraction of sp³-hybridized carbons (Fsp3) is 1.00. The zero-order valence-electron chi connectivity index (χ0n) is 5.27. The summed E-state index contributed by atoms with van der Waals surface area (Å²) in [4.78, 5) is 0. The van der Waals surface area contributed by atoms with Crippen LogP contribution in [0.5, 0.6) is 0 Å². The molecule has 0 saturated carbocycles. The van der Waals surface area contributed by atoms with Crippen LogP contribution in [0.3, 0.4) is 0 Å². The maximum absolute atomic E-state index is 10.2. The first kappa shape index (κ1) is 9.82. The molecule has 0 saturated heterocycles. The molecule has 62 valence electrons. The lowest BCUT2D eigenvalue weighted by atomic mass is 11.8. The molecule has 0 heterocycles. The Hall–Kier alpha value is -0.180. The predicted octanol–water partition coefficient (Wildman–Crippen LogP) is -1.15. The van der Waals surface area contributed by atoms with Gasteiger partial charge in [-0.3, -0.25) is 4.18 Å². The molecule has 0 aromatic carbocycles. The van der Waals surface area contributed by atoms with E-state index >= 15 is 0 Å². The average molecular weight is 190 g/mol. The van der Waals surface area contributed by atoms with Gasteiger partial charge >= 0.3 is 10.4 Å². The van der Waals surface area contributed by atoms with E-state index in [1.807, 2.05) is 0 Å². The highest BCUT2D eigenvalue weighted by Crippen LogP contribution is 1.97. The molecule has 0 atom stereocenters. The Balaban J connectivity index is 4.49. The molecule has 0 bridgehead atoms. The first-order valence-corrected chi connectivity index (χ1v) is 5.13. The molecule has 0 amide bonds. The SMILES string of the molecule is COS(=O)(=O)OS(C)(=O)=O. The Labute approximate surface area is 59.2 Å². The molecular weight excluding hydrogens is 184 g/mol. The highest BCUT2D eigenvalue weighted by molar-refractivity contribution is 7.97. The van der Waals surface area contributed by atoms with E-state index in [1.165, 1.54) is 0 Å². The Morgan fingerprint density at radius 1 is 1.10 bits per heavy atom. The van der Waals surface area contributed by atoms with Crippen LogP contribution in [0.4, 0.5) is 0 Å². The van der Waals surface area contributed by atoms with Crippen molar-refractivity contribution >= 4 is 20.5 Å². The molecule has 0 N–H and O–H groups in total. The molecule has 0 aliphatic carbocycles. The monoisotopic (exact) mass is 190 g/mol. The second kappa shape index (κ2) is 2.82. The van der Waals surface area contributed by atoms with Gasteiger partial charge in [-0.25, -0.2) is 0 Å². The van der Waals surface area contributed by atoms with Gasteiger partial charge in [-0.2, -0.15) is 16.8 Å². The van der Waals surface area contributed by atoms with Crippen LogP contribution in [0.15, 0.2) is 0 Å². The second-order valence-electron chi connectivity index (χ2n) is 1.35. The molecule has 8 heteroatoms. The van der Waals surface area contributed by atoms with Gasteiger partial charge in [0.25, 0.3) is 10.1 Å². The minimum atomic E-state index is -4.37. The zero-order valence-corrected chi connectivity index (χ0v) is 6.90. The molecule has 0 unspecified atom stereocenters. The molecule has 0 fully saturated rings. The average Bonchev–Trinajstić information content (AvgIpc) is 1.60. The third-order valence-electron chi connectivity index (χ3n) is 0.411. The molecule has 0 rings (SSSR count). The minimum Gasteiger partial charge on any atom is -0.251 e. The van der Waals surface area contributed by atoms with Gasteiger partial charge in [-0.15, -0.1) is 3.63 Å². The summed E-state index contributed by atoms with van der Waals surface area (Å²) in [6.07, 6.45) is 0.601. The summed E-state index contributed by atoms with van der Waals surface area (Å²) in [6, 6.07) is 0. The van der Waals surface area contributed by atoms with Gasteiger partial charge < -0.3 is 0 Å². The Morgan fingerprint density at radius 3 is 1.60 bits per heavy atom. The van der Waals surface area contributed by atoms with Crippen LogP contribution >= 0.6 is 0 Å². The van der Waals surface area contributed by atoms with E-state index in [1.54, 1.807) is 0 Å². The van der Waals surface area contributed by atoms with Gasteiger partial charge in [-0.1, -0.05) is 0 Å². The molecule has 0 spiro atoms. The van der Waals surface area contributed by atoms with Crippen LogP contribution in [0, 0.1) is 0 Å². The quantitative estimate of drug-likeness (QED) is 0.558. The van der Waals surface area contributed by atoms with Gasteiger partial charge in [0, 0.05) is 0 Å². The lowest BCUT2D eigenvalue weighted by Crippen LogP contribution is -2.12. The maximum Gasteiger partial charge on any atom is 0.414 e. The van der Waals surface area contributed by atoms with Crippen LogP contribution in [0.2, 0.25) is 0 Å². The molecule has 0 aromatic heterocycles. The fourth-order valence-electron chi connectivity index (χ4n) is 0.179. The summed E-state index contributed by atoms with van der Waals surface area (Å²) >= 11 is 0. The lowest BCUT2D eigenvalue weighted by Gasteiger charge is -1.96. The topological polar surface area (TPSA) is 86.7 Å². The minimum absolute atomic E-state index is 0.601. The van der Waals surface area contributed by atoms with E-state index in [0.29, 0.717) is 6.26 Å². The molecular formula is C2H6O6S2. The number of hydrogen-bond acceptors (Lipinski definition) is 6. The smallest absolute Gasteiger partial charge is 0.251 e. The van der Waals surface area contributed by atoms with Crippen LogP contribution in [0.25, 0.3) is 0 Å². The molecule has 6 nitrogen and oxygen atoms in total. The molecule has 0 aliphatic rings. The van der Waals surface area contributed by atoms with Gasteiger partial charge in [0.05, 0.1) is 13.4 Å². The van der Waals surface area contributed by atoms with E-state index in [0.717, 1.165) is 7.11 Å². The maximum atomic E-state index is 10.2. The van der Waals surface area contributed by atoms with Gasteiger partial charge in [0.2, 0.25) is 0 Å². The van der Waals surface area contributed by atoms with Crippen LogP contribution in [-0.2, 0) is 28.3 Å². The Kier molecular flexibility index (Phi) is 2.77. The van der Waals surface area contributed by atoms with Crippen LogP contribution in [0.1, 0.15) is 0 Å². The van der Waals surface area contributed by atoms with E-state index in [9.17, 15) is 16.8 Å². The first-order valence-electron chi connectivity index (χ1n) is 1.98. The lowest BCUT2D eigenvalue weighted by molar-refractivity contribution is 0.332. The fourth-order valence-corrected chi connectivity index (χ4v) is 1.61. The van der Waals surface area contributed by atoms with E-state index in [2.05, 4.69) is 7.81 Å². The Morgan fingerprint density at radius 2 is 1.50 bits per heavy atom. The molecule has 0 aliphatic heterocycles. The number of hydrogen-bond donors (Lipinski definition) is 0. The molecule has 0 aromatic rings. The largest absolute Gasteiger partial charge is 0.414 e. The van der Waals surface area contributed by atoms with Crippen molar-refractivity contribution in [2.75, 3.05) is 13.4 Å². The summed E-state index contributed by atoms with van der Waals surface area (Å²) in [5, 5.41) is 0. The third kappa shape index (κ3) is 4.68.